The molecule has 0 radical (unpaired) electrons. The molecule has 24 heavy (non-hydrogen) atoms. The maximum atomic E-state index is 12.4. The third kappa shape index (κ3) is 9.85. The molecule has 1 aromatic carbocycles. The number of nitrogens with one attached hydrogen (secondary N) is 2. The van der Waals surface area contributed by atoms with E-state index in [9.17, 15) is 17.2 Å². The first-order chi connectivity index (χ1) is 10.8. The number of alkyl halides is 2. The minimum absolute atomic E-state index is 0. The summed E-state index contributed by atoms with van der Waals surface area (Å²) in [4.78, 5) is 4.25. The molecule has 0 bridgehead atoms. The zero-order valence-electron chi connectivity index (χ0n) is 13.5. The van der Waals surface area contributed by atoms with E-state index in [0.29, 0.717) is 18.1 Å². The SMILES string of the molecule is CCNC(=NCc1ccccc1OC(F)F)NCCS(C)(=O)=O.I. The molecule has 138 valence electrons. The Hall–Kier alpha value is -1.17. The van der Waals surface area contributed by atoms with E-state index >= 15 is 0 Å². The monoisotopic (exact) mass is 477 g/mol. The standard InChI is InChI=1S/C14H21F2N3O3S.HI/c1-3-17-14(18-8-9-23(2,20)21)19-10-11-6-4-5-7-12(11)22-13(15)16;/h4-7,13H,3,8-10H2,1-2H3,(H2,17,18,19);1H. The maximum Gasteiger partial charge on any atom is 0.387 e. The Morgan fingerprint density at radius 2 is 1.96 bits per heavy atom. The molecule has 1 aromatic rings. The molecule has 10 heteroatoms. The Morgan fingerprint density at radius 1 is 1.29 bits per heavy atom. The zero-order valence-corrected chi connectivity index (χ0v) is 16.6. The van der Waals surface area contributed by atoms with Crippen LogP contribution in [0.15, 0.2) is 29.3 Å². The Labute approximate surface area is 158 Å². The largest absolute Gasteiger partial charge is 0.434 e. The van der Waals surface area contributed by atoms with Crippen molar-refractivity contribution in [3.05, 3.63) is 29.8 Å². The number of ether oxygens (including phenoxy) is 1. The highest BCUT2D eigenvalue weighted by atomic mass is 127. The van der Waals surface area contributed by atoms with Gasteiger partial charge in [0, 0.05) is 24.9 Å². The summed E-state index contributed by atoms with van der Waals surface area (Å²) in [5.74, 6) is 0.448. The third-order valence-electron chi connectivity index (χ3n) is 2.71. The molecule has 0 amide bonds. The van der Waals surface area contributed by atoms with Crippen molar-refractivity contribution in [2.45, 2.75) is 20.1 Å². The average molecular weight is 477 g/mol. The van der Waals surface area contributed by atoms with Gasteiger partial charge < -0.3 is 15.4 Å². The first-order valence-electron chi connectivity index (χ1n) is 7.04. The summed E-state index contributed by atoms with van der Waals surface area (Å²) in [7, 11) is -3.07. The lowest BCUT2D eigenvalue weighted by atomic mass is 10.2. The number of benzene rings is 1. The molecule has 0 aliphatic heterocycles. The van der Waals surface area contributed by atoms with E-state index in [1.807, 2.05) is 6.92 Å². The summed E-state index contributed by atoms with van der Waals surface area (Å²) in [5.41, 5.74) is 0.508. The van der Waals surface area contributed by atoms with Crippen LogP contribution in [0.5, 0.6) is 5.75 Å². The summed E-state index contributed by atoms with van der Waals surface area (Å²) < 4.78 is 51.4. The number of para-hydroxylation sites is 1. The van der Waals surface area contributed by atoms with Crippen LogP contribution in [0.1, 0.15) is 12.5 Å². The van der Waals surface area contributed by atoms with Crippen LogP contribution in [0.25, 0.3) is 0 Å². The van der Waals surface area contributed by atoms with Gasteiger partial charge >= 0.3 is 6.61 Å². The molecule has 0 saturated heterocycles. The molecule has 0 spiro atoms. The van der Waals surface area contributed by atoms with Crippen molar-refractivity contribution < 1.29 is 21.9 Å². The molecule has 0 saturated carbocycles. The molecular formula is C14H22F2IN3O3S. The van der Waals surface area contributed by atoms with Crippen LogP contribution in [0.3, 0.4) is 0 Å². The van der Waals surface area contributed by atoms with Crippen molar-refractivity contribution in [3.63, 3.8) is 0 Å². The van der Waals surface area contributed by atoms with Gasteiger partial charge in [-0.1, -0.05) is 18.2 Å². The fraction of sp³-hybridized carbons (Fsp3) is 0.500. The number of aliphatic imine (C=N–C) groups is 1. The Kier molecular flexibility index (Phi) is 10.8. The molecule has 6 nitrogen and oxygen atoms in total. The van der Waals surface area contributed by atoms with E-state index in [0.717, 1.165) is 6.26 Å². The van der Waals surface area contributed by atoms with Crippen LogP contribution in [-0.4, -0.2) is 46.1 Å². The molecule has 0 atom stereocenters. The zero-order chi connectivity index (χ0) is 17.3. The van der Waals surface area contributed by atoms with Gasteiger partial charge in [0.05, 0.1) is 12.3 Å². The number of rotatable bonds is 8. The van der Waals surface area contributed by atoms with Crippen LogP contribution in [0.4, 0.5) is 8.78 Å². The van der Waals surface area contributed by atoms with Gasteiger partial charge in [0.2, 0.25) is 0 Å². The summed E-state index contributed by atoms with van der Waals surface area (Å²) in [6, 6.07) is 6.38. The highest BCUT2D eigenvalue weighted by molar-refractivity contribution is 14.0. The molecular weight excluding hydrogens is 455 g/mol. The first-order valence-corrected chi connectivity index (χ1v) is 9.10. The predicted octanol–water partition coefficient (Wildman–Crippen LogP) is 2.01. The molecule has 1 rings (SSSR count). The Balaban J connectivity index is 0.00000529. The fourth-order valence-corrected chi connectivity index (χ4v) is 2.18. The molecule has 0 fully saturated rings. The van der Waals surface area contributed by atoms with Crippen molar-refractivity contribution in [2.75, 3.05) is 25.1 Å². The van der Waals surface area contributed by atoms with E-state index < -0.39 is 16.4 Å². The highest BCUT2D eigenvalue weighted by Gasteiger charge is 2.09. The summed E-state index contributed by atoms with van der Waals surface area (Å²) in [6.07, 6.45) is 1.15. The second kappa shape index (κ2) is 11.4. The summed E-state index contributed by atoms with van der Waals surface area (Å²) >= 11 is 0. The first kappa shape index (κ1) is 22.8. The van der Waals surface area contributed by atoms with E-state index in [-0.39, 0.29) is 48.6 Å². The van der Waals surface area contributed by atoms with Gasteiger partial charge in [0.25, 0.3) is 0 Å². The summed E-state index contributed by atoms with van der Waals surface area (Å²) in [5, 5.41) is 5.83. The Bertz CT molecular complexity index is 627. The Morgan fingerprint density at radius 3 is 2.54 bits per heavy atom. The number of hydrogen-bond acceptors (Lipinski definition) is 4. The smallest absolute Gasteiger partial charge is 0.387 e. The van der Waals surface area contributed by atoms with E-state index in [1.54, 1.807) is 18.2 Å². The van der Waals surface area contributed by atoms with E-state index in [2.05, 4.69) is 20.4 Å². The van der Waals surface area contributed by atoms with Gasteiger partial charge in [-0.3, -0.25) is 0 Å². The van der Waals surface area contributed by atoms with E-state index in [1.165, 1.54) is 6.07 Å². The van der Waals surface area contributed by atoms with Crippen LogP contribution >= 0.6 is 24.0 Å². The lowest BCUT2D eigenvalue weighted by molar-refractivity contribution is -0.0504. The van der Waals surface area contributed by atoms with Crippen molar-refractivity contribution >= 4 is 39.8 Å². The lowest BCUT2D eigenvalue weighted by Gasteiger charge is -2.12. The third-order valence-corrected chi connectivity index (χ3v) is 3.65. The van der Waals surface area contributed by atoms with Crippen LogP contribution in [-0.2, 0) is 16.4 Å². The lowest BCUT2D eigenvalue weighted by Crippen LogP contribution is -2.39. The predicted molar refractivity (Wildman–Crippen MR) is 101 cm³/mol. The van der Waals surface area contributed by atoms with Crippen molar-refractivity contribution in [3.8, 4) is 5.75 Å². The van der Waals surface area contributed by atoms with Crippen LogP contribution < -0.4 is 15.4 Å². The minimum Gasteiger partial charge on any atom is -0.434 e. The van der Waals surface area contributed by atoms with Gasteiger partial charge in [-0.2, -0.15) is 8.78 Å². The van der Waals surface area contributed by atoms with Crippen molar-refractivity contribution in [2.24, 2.45) is 4.99 Å². The number of sulfone groups is 1. The molecule has 0 unspecified atom stereocenters. The topological polar surface area (TPSA) is 79.8 Å². The quantitative estimate of drug-likeness (QED) is 0.340. The van der Waals surface area contributed by atoms with Crippen molar-refractivity contribution in [1.82, 2.24) is 10.6 Å². The second-order valence-electron chi connectivity index (χ2n) is 4.74. The molecule has 2 N–H and O–H groups in total. The maximum absolute atomic E-state index is 12.4. The number of hydrogen-bond donors (Lipinski definition) is 2. The number of guanidine groups is 1. The average Bonchev–Trinajstić information content (AvgIpc) is 2.44. The van der Waals surface area contributed by atoms with Crippen molar-refractivity contribution in [1.29, 1.82) is 0 Å². The van der Waals surface area contributed by atoms with Gasteiger partial charge in [0.15, 0.2) is 5.96 Å². The fourth-order valence-electron chi connectivity index (χ4n) is 1.71. The van der Waals surface area contributed by atoms with Gasteiger partial charge in [-0.05, 0) is 13.0 Å². The normalized spacial score (nSPS) is 11.8. The molecule has 0 heterocycles. The summed E-state index contributed by atoms with van der Waals surface area (Å²) in [6.45, 7) is -0.125. The van der Waals surface area contributed by atoms with E-state index in [4.69, 9.17) is 0 Å². The highest BCUT2D eigenvalue weighted by Crippen LogP contribution is 2.20. The molecule has 0 aliphatic rings. The minimum atomic E-state index is -3.07. The van der Waals surface area contributed by atoms with Crippen LogP contribution in [0, 0.1) is 0 Å². The second-order valence-corrected chi connectivity index (χ2v) is 7.00. The molecule has 0 aliphatic carbocycles. The number of halogens is 3. The van der Waals surface area contributed by atoms with Gasteiger partial charge in [-0.25, -0.2) is 13.4 Å². The number of nitrogens with zero attached hydrogens (tertiary/aromatic N) is 1. The van der Waals surface area contributed by atoms with Gasteiger partial charge in [-0.15, -0.1) is 24.0 Å². The molecule has 0 aromatic heterocycles. The van der Waals surface area contributed by atoms with Crippen LogP contribution in [0.2, 0.25) is 0 Å². The van der Waals surface area contributed by atoms with Gasteiger partial charge in [0.1, 0.15) is 15.6 Å².